The SMILES string of the molecule is CCCCCCCc1ccc(C(O)/C=C/c2ccccc2)cc1. The molecule has 0 radical (unpaired) electrons. The number of aliphatic hydroxyl groups is 1. The van der Waals surface area contributed by atoms with Gasteiger partial charge in [-0.3, -0.25) is 0 Å². The first-order chi connectivity index (χ1) is 11.3. The van der Waals surface area contributed by atoms with Crippen LogP contribution < -0.4 is 0 Å². The highest BCUT2D eigenvalue weighted by molar-refractivity contribution is 5.50. The van der Waals surface area contributed by atoms with Gasteiger partial charge in [-0.15, -0.1) is 0 Å². The molecule has 1 N–H and O–H groups in total. The zero-order chi connectivity index (χ0) is 16.3. The van der Waals surface area contributed by atoms with Crippen LogP contribution in [-0.4, -0.2) is 5.11 Å². The van der Waals surface area contributed by atoms with E-state index in [2.05, 4.69) is 19.1 Å². The molecule has 0 saturated heterocycles. The van der Waals surface area contributed by atoms with Crippen molar-refractivity contribution in [2.24, 2.45) is 0 Å². The standard InChI is InChI=1S/C22H28O/c1-2-3-4-5-7-12-20-13-16-21(17-14-20)22(23)18-15-19-10-8-6-9-11-19/h6,8-11,13-18,22-23H,2-5,7,12H2,1H3/b18-15+. The van der Waals surface area contributed by atoms with Crippen LogP contribution in [0.3, 0.4) is 0 Å². The van der Waals surface area contributed by atoms with Gasteiger partial charge in [-0.05, 0) is 29.5 Å². The summed E-state index contributed by atoms with van der Waals surface area (Å²) in [5.41, 5.74) is 3.42. The average Bonchev–Trinajstić information content (AvgIpc) is 2.61. The molecule has 1 nitrogen and oxygen atoms in total. The van der Waals surface area contributed by atoms with Gasteiger partial charge in [0.15, 0.2) is 0 Å². The second kappa shape index (κ2) is 10.0. The predicted octanol–water partition coefficient (Wildman–Crippen LogP) is 5.95. The maximum atomic E-state index is 10.3. The van der Waals surface area contributed by atoms with Gasteiger partial charge < -0.3 is 5.11 Å². The van der Waals surface area contributed by atoms with Crippen LogP contribution in [0.25, 0.3) is 6.08 Å². The lowest BCUT2D eigenvalue weighted by molar-refractivity contribution is 0.229. The van der Waals surface area contributed by atoms with E-state index < -0.39 is 6.10 Å². The minimum absolute atomic E-state index is 0.547. The summed E-state index contributed by atoms with van der Waals surface area (Å²) in [6.07, 6.45) is 11.0. The average molecular weight is 308 g/mol. The van der Waals surface area contributed by atoms with E-state index in [-0.39, 0.29) is 0 Å². The Morgan fingerprint density at radius 1 is 0.870 bits per heavy atom. The van der Waals surface area contributed by atoms with Gasteiger partial charge in [0.2, 0.25) is 0 Å². The number of unbranched alkanes of at least 4 members (excludes halogenated alkanes) is 4. The third-order valence-electron chi connectivity index (χ3n) is 4.16. The number of benzene rings is 2. The van der Waals surface area contributed by atoms with Crippen LogP contribution in [0, 0.1) is 0 Å². The summed E-state index contributed by atoms with van der Waals surface area (Å²) in [4.78, 5) is 0. The van der Waals surface area contributed by atoms with Crippen molar-refractivity contribution < 1.29 is 5.11 Å². The van der Waals surface area contributed by atoms with E-state index >= 15 is 0 Å². The summed E-state index contributed by atoms with van der Waals surface area (Å²) in [5.74, 6) is 0. The highest BCUT2D eigenvalue weighted by Gasteiger charge is 2.03. The molecule has 2 aromatic rings. The van der Waals surface area contributed by atoms with Crippen LogP contribution in [0.5, 0.6) is 0 Å². The third-order valence-corrected chi connectivity index (χ3v) is 4.16. The quantitative estimate of drug-likeness (QED) is 0.568. The molecule has 0 fully saturated rings. The summed E-state index contributed by atoms with van der Waals surface area (Å²) in [6.45, 7) is 2.25. The first kappa shape index (κ1) is 17.5. The van der Waals surface area contributed by atoms with Gasteiger partial charge in [0.05, 0.1) is 6.10 Å². The molecular weight excluding hydrogens is 280 g/mol. The fraction of sp³-hybridized carbons (Fsp3) is 0.364. The molecule has 1 atom stereocenters. The first-order valence-electron chi connectivity index (χ1n) is 8.79. The molecule has 0 bridgehead atoms. The summed E-state index contributed by atoms with van der Waals surface area (Å²) >= 11 is 0. The molecular formula is C22H28O. The number of hydrogen-bond acceptors (Lipinski definition) is 1. The van der Waals surface area contributed by atoms with Crippen molar-refractivity contribution in [1.82, 2.24) is 0 Å². The zero-order valence-corrected chi connectivity index (χ0v) is 14.1. The number of rotatable bonds is 9. The van der Waals surface area contributed by atoms with Gasteiger partial charge in [0.1, 0.15) is 0 Å². The largest absolute Gasteiger partial charge is 0.384 e. The predicted molar refractivity (Wildman–Crippen MR) is 99.3 cm³/mol. The molecule has 0 aliphatic heterocycles. The van der Waals surface area contributed by atoms with Crippen molar-refractivity contribution in [2.45, 2.75) is 51.6 Å². The molecule has 0 spiro atoms. The Kier molecular flexibility index (Phi) is 7.62. The van der Waals surface area contributed by atoms with Crippen molar-refractivity contribution in [3.63, 3.8) is 0 Å². The minimum Gasteiger partial charge on any atom is -0.384 e. The lowest BCUT2D eigenvalue weighted by Gasteiger charge is -2.08. The normalized spacial score (nSPS) is 12.6. The van der Waals surface area contributed by atoms with Gasteiger partial charge in [0.25, 0.3) is 0 Å². The second-order valence-electron chi connectivity index (χ2n) is 6.12. The monoisotopic (exact) mass is 308 g/mol. The highest BCUT2D eigenvalue weighted by atomic mass is 16.3. The molecule has 2 aromatic carbocycles. The van der Waals surface area contributed by atoms with E-state index in [0.717, 1.165) is 17.5 Å². The molecule has 0 heterocycles. The van der Waals surface area contributed by atoms with Gasteiger partial charge in [-0.25, -0.2) is 0 Å². The summed E-state index contributed by atoms with van der Waals surface area (Å²) in [6, 6.07) is 18.4. The van der Waals surface area contributed by atoms with E-state index in [1.165, 1.54) is 37.7 Å². The van der Waals surface area contributed by atoms with Crippen molar-refractivity contribution in [2.75, 3.05) is 0 Å². The van der Waals surface area contributed by atoms with Gasteiger partial charge in [0, 0.05) is 0 Å². The van der Waals surface area contributed by atoms with Crippen molar-refractivity contribution in [3.8, 4) is 0 Å². The molecule has 1 heteroatoms. The van der Waals surface area contributed by atoms with E-state index in [0.29, 0.717) is 0 Å². The van der Waals surface area contributed by atoms with Crippen molar-refractivity contribution in [1.29, 1.82) is 0 Å². The van der Waals surface area contributed by atoms with Gasteiger partial charge in [-0.2, -0.15) is 0 Å². The number of aryl methyl sites for hydroxylation is 1. The Morgan fingerprint density at radius 2 is 1.57 bits per heavy atom. The van der Waals surface area contributed by atoms with Crippen LogP contribution in [0.4, 0.5) is 0 Å². The Morgan fingerprint density at radius 3 is 2.26 bits per heavy atom. The summed E-state index contributed by atoms with van der Waals surface area (Å²) < 4.78 is 0. The Hall–Kier alpha value is -1.86. The molecule has 2 rings (SSSR count). The third kappa shape index (κ3) is 6.42. The lowest BCUT2D eigenvalue weighted by Crippen LogP contribution is -1.94. The summed E-state index contributed by atoms with van der Waals surface area (Å²) in [5, 5.41) is 10.3. The molecule has 0 aliphatic carbocycles. The van der Waals surface area contributed by atoms with E-state index in [1.807, 2.05) is 54.6 Å². The Bertz CT molecular complexity index is 569. The van der Waals surface area contributed by atoms with E-state index in [4.69, 9.17) is 0 Å². The molecule has 1 unspecified atom stereocenters. The van der Waals surface area contributed by atoms with Crippen LogP contribution >= 0.6 is 0 Å². The fourth-order valence-electron chi connectivity index (χ4n) is 2.69. The highest BCUT2D eigenvalue weighted by Crippen LogP contribution is 2.18. The fourth-order valence-corrected chi connectivity index (χ4v) is 2.69. The number of hydrogen-bond donors (Lipinski definition) is 1. The van der Waals surface area contributed by atoms with E-state index in [1.54, 1.807) is 0 Å². The van der Waals surface area contributed by atoms with Crippen LogP contribution in [-0.2, 0) is 6.42 Å². The summed E-state index contributed by atoms with van der Waals surface area (Å²) in [7, 11) is 0. The molecule has 0 aliphatic rings. The van der Waals surface area contributed by atoms with Crippen LogP contribution in [0.15, 0.2) is 60.7 Å². The molecule has 122 valence electrons. The maximum Gasteiger partial charge on any atom is 0.0975 e. The van der Waals surface area contributed by atoms with Crippen molar-refractivity contribution in [3.05, 3.63) is 77.4 Å². The van der Waals surface area contributed by atoms with Gasteiger partial charge in [-0.1, -0.05) is 99.4 Å². The molecule has 0 amide bonds. The Balaban J connectivity index is 1.82. The van der Waals surface area contributed by atoms with E-state index in [9.17, 15) is 5.11 Å². The zero-order valence-electron chi connectivity index (χ0n) is 14.1. The van der Waals surface area contributed by atoms with Crippen LogP contribution in [0.2, 0.25) is 0 Å². The molecule has 0 saturated carbocycles. The number of aliphatic hydroxyl groups excluding tert-OH is 1. The topological polar surface area (TPSA) is 20.2 Å². The minimum atomic E-state index is -0.547. The second-order valence-corrected chi connectivity index (χ2v) is 6.12. The van der Waals surface area contributed by atoms with Crippen molar-refractivity contribution >= 4 is 6.08 Å². The lowest BCUT2D eigenvalue weighted by atomic mass is 10.0. The smallest absolute Gasteiger partial charge is 0.0975 e. The van der Waals surface area contributed by atoms with Gasteiger partial charge >= 0.3 is 0 Å². The molecule has 0 aromatic heterocycles. The first-order valence-corrected chi connectivity index (χ1v) is 8.79. The Labute approximate surface area is 140 Å². The molecule has 23 heavy (non-hydrogen) atoms. The van der Waals surface area contributed by atoms with Crippen LogP contribution in [0.1, 0.15) is 61.8 Å². The maximum absolute atomic E-state index is 10.3.